The van der Waals surface area contributed by atoms with Gasteiger partial charge in [-0.2, -0.15) is 4.89 Å². The van der Waals surface area contributed by atoms with Gasteiger partial charge in [0.25, 0.3) is 0 Å². The first kappa shape index (κ1) is 13.9. The van der Waals surface area contributed by atoms with E-state index in [2.05, 4.69) is 10.2 Å². The SMILES string of the molecule is CC(C)(CC[C@H]1CCNC1)OOC(=O)NC=O. The van der Waals surface area contributed by atoms with Crippen molar-refractivity contribution < 1.29 is 19.4 Å². The average Bonchev–Trinajstić information content (AvgIpc) is 2.77. The molecule has 0 aromatic carbocycles. The number of amides is 2. The molecule has 0 aliphatic carbocycles. The Labute approximate surface area is 101 Å². The van der Waals surface area contributed by atoms with Gasteiger partial charge in [-0.25, -0.2) is 4.79 Å². The van der Waals surface area contributed by atoms with Crippen LogP contribution in [0, 0.1) is 5.92 Å². The van der Waals surface area contributed by atoms with Crippen molar-refractivity contribution in [1.82, 2.24) is 10.6 Å². The number of carbonyl (C=O) groups excluding carboxylic acids is 2. The molecule has 0 unspecified atom stereocenters. The van der Waals surface area contributed by atoms with E-state index in [4.69, 9.17) is 4.89 Å². The summed E-state index contributed by atoms with van der Waals surface area (Å²) in [5.41, 5.74) is -0.539. The van der Waals surface area contributed by atoms with Gasteiger partial charge in [-0.05, 0) is 52.1 Å². The highest BCUT2D eigenvalue weighted by Crippen LogP contribution is 2.23. The quantitative estimate of drug-likeness (QED) is 0.413. The molecule has 0 saturated carbocycles. The van der Waals surface area contributed by atoms with Gasteiger partial charge in [0.15, 0.2) is 0 Å². The highest BCUT2D eigenvalue weighted by molar-refractivity contribution is 5.79. The molecule has 2 amide bonds. The third-order valence-electron chi connectivity index (χ3n) is 2.84. The number of hydrogen-bond acceptors (Lipinski definition) is 5. The van der Waals surface area contributed by atoms with Crippen LogP contribution in [0.15, 0.2) is 0 Å². The van der Waals surface area contributed by atoms with Gasteiger partial charge in [0, 0.05) is 0 Å². The van der Waals surface area contributed by atoms with Crippen molar-refractivity contribution in [2.75, 3.05) is 13.1 Å². The first-order valence-corrected chi connectivity index (χ1v) is 5.84. The number of nitrogens with one attached hydrogen (secondary N) is 2. The van der Waals surface area contributed by atoms with Crippen molar-refractivity contribution >= 4 is 12.5 Å². The Balaban J connectivity index is 2.19. The van der Waals surface area contributed by atoms with Gasteiger partial charge in [0.1, 0.15) is 5.60 Å². The maximum Gasteiger partial charge on any atom is 0.445 e. The fraction of sp³-hybridized carbons (Fsp3) is 0.818. The molecule has 1 aliphatic rings. The smallest absolute Gasteiger partial charge is 0.316 e. The predicted octanol–water partition coefficient (Wildman–Crippen LogP) is 0.969. The van der Waals surface area contributed by atoms with Gasteiger partial charge >= 0.3 is 6.09 Å². The number of imide groups is 1. The number of hydrogen-bond donors (Lipinski definition) is 2. The Morgan fingerprint density at radius 2 is 2.35 bits per heavy atom. The zero-order chi connectivity index (χ0) is 12.7. The summed E-state index contributed by atoms with van der Waals surface area (Å²) in [5, 5.41) is 5.14. The largest absolute Gasteiger partial charge is 0.445 e. The maximum absolute atomic E-state index is 10.9. The Morgan fingerprint density at radius 3 is 2.94 bits per heavy atom. The molecule has 6 nitrogen and oxygen atoms in total. The Morgan fingerprint density at radius 1 is 1.59 bits per heavy atom. The van der Waals surface area contributed by atoms with E-state index in [1.807, 2.05) is 19.2 Å². The first-order valence-electron chi connectivity index (χ1n) is 5.84. The normalized spacial score (nSPS) is 20.0. The molecule has 0 spiro atoms. The molecular formula is C11H20N2O4. The van der Waals surface area contributed by atoms with E-state index in [1.54, 1.807) is 0 Å². The second-order valence-corrected chi connectivity index (χ2v) is 4.87. The lowest BCUT2D eigenvalue weighted by Crippen LogP contribution is -2.31. The third-order valence-corrected chi connectivity index (χ3v) is 2.84. The van der Waals surface area contributed by atoms with E-state index in [9.17, 15) is 9.59 Å². The van der Waals surface area contributed by atoms with Gasteiger partial charge < -0.3 is 5.32 Å². The molecule has 0 bridgehead atoms. The summed E-state index contributed by atoms with van der Waals surface area (Å²) in [5.74, 6) is 0.668. The van der Waals surface area contributed by atoms with Crippen LogP contribution >= 0.6 is 0 Å². The second kappa shape index (κ2) is 6.56. The fourth-order valence-corrected chi connectivity index (χ4v) is 1.78. The molecule has 0 aromatic rings. The van der Waals surface area contributed by atoms with E-state index >= 15 is 0 Å². The van der Waals surface area contributed by atoms with Gasteiger partial charge in [0.2, 0.25) is 6.41 Å². The van der Waals surface area contributed by atoms with Gasteiger partial charge in [0.05, 0.1) is 0 Å². The zero-order valence-corrected chi connectivity index (χ0v) is 10.3. The molecule has 6 heteroatoms. The topological polar surface area (TPSA) is 76.7 Å². The Bertz CT molecular complexity index is 262. The molecule has 1 rings (SSSR count). The lowest BCUT2D eigenvalue weighted by molar-refractivity contribution is -0.307. The molecule has 1 aliphatic heterocycles. The number of rotatable bonds is 6. The summed E-state index contributed by atoms with van der Waals surface area (Å²) in [6, 6.07) is 0. The van der Waals surface area contributed by atoms with Crippen molar-refractivity contribution in [1.29, 1.82) is 0 Å². The lowest BCUT2D eigenvalue weighted by Gasteiger charge is -2.23. The monoisotopic (exact) mass is 244 g/mol. The van der Waals surface area contributed by atoms with Crippen LogP contribution < -0.4 is 10.6 Å². The van der Waals surface area contributed by atoms with E-state index in [1.165, 1.54) is 6.42 Å². The second-order valence-electron chi connectivity index (χ2n) is 4.87. The molecule has 98 valence electrons. The summed E-state index contributed by atoms with van der Waals surface area (Å²) in [6.45, 7) is 5.82. The van der Waals surface area contributed by atoms with Crippen molar-refractivity contribution in [3.8, 4) is 0 Å². The van der Waals surface area contributed by atoms with Crippen LogP contribution in [-0.2, 0) is 14.6 Å². The van der Waals surface area contributed by atoms with Crippen LogP contribution in [0.3, 0.4) is 0 Å². The molecular weight excluding hydrogens is 224 g/mol. The molecule has 0 aromatic heterocycles. The van der Waals surface area contributed by atoms with Crippen molar-refractivity contribution in [3.63, 3.8) is 0 Å². The summed E-state index contributed by atoms with van der Waals surface area (Å²) in [7, 11) is 0. The van der Waals surface area contributed by atoms with Gasteiger partial charge in [-0.3, -0.25) is 15.0 Å². The van der Waals surface area contributed by atoms with Crippen molar-refractivity contribution in [2.45, 2.75) is 38.7 Å². The average molecular weight is 244 g/mol. The van der Waals surface area contributed by atoms with Crippen LogP contribution in [-0.4, -0.2) is 31.2 Å². The van der Waals surface area contributed by atoms with Crippen LogP contribution in [0.4, 0.5) is 4.79 Å². The highest BCUT2D eigenvalue weighted by Gasteiger charge is 2.25. The third kappa shape index (κ3) is 5.65. The summed E-state index contributed by atoms with van der Waals surface area (Å²) in [4.78, 5) is 30.3. The van der Waals surface area contributed by atoms with Crippen LogP contribution in [0.5, 0.6) is 0 Å². The molecule has 1 fully saturated rings. The Kier molecular flexibility index (Phi) is 5.37. The summed E-state index contributed by atoms with van der Waals surface area (Å²) < 4.78 is 0. The molecule has 0 radical (unpaired) electrons. The Hall–Kier alpha value is -1.14. The minimum Gasteiger partial charge on any atom is -0.316 e. The maximum atomic E-state index is 10.9. The van der Waals surface area contributed by atoms with Crippen LogP contribution in [0.1, 0.15) is 33.1 Å². The minimum absolute atomic E-state index is 0.253. The molecule has 2 N–H and O–H groups in total. The molecule has 1 saturated heterocycles. The summed E-state index contributed by atoms with van der Waals surface area (Å²) >= 11 is 0. The fourth-order valence-electron chi connectivity index (χ4n) is 1.78. The predicted molar refractivity (Wildman–Crippen MR) is 61.1 cm³/mol. The minimum atomic E-state index is -0.893. The van der Waals surface area contributed by atoms with E-state index in [-0.39, 0.29) is 6.41 Å². The van der Waals surface area contributed by atoms with Crippen molar-refractivity contribution in [3.05, 3.63) is 0 Å². The first-order chi connectivity index (χ1) is 8.03. The van der Waals surface area contributed by atoms with E-state index < -0.39 is 11.7 Å². The standard InChI is InChI=1S/C11H20N2O4/c1-11(2,17-16-10(15)13-8-14)5-3-9-4-6-12-7-9/h8-9,12H,3-7H2,1-2H3,(H,13,14,15)/t9-/m0/s1. The van der Waals surface area contributed by atoms with Crippen molar-refractivity contribution in [2.24, 2.45) is 5.92 Å². The zero-order valence-electron chi connectivity index (χ0n) is 10.3. The molecule has 1 atom stereocenters. The van der Waals surface area contributed by atoms with Gasteiger partial charge in [-0.15, -0.1) is 0 Å². The van der Waals surface area contributed by atoms with E-state index in [0.717, 1.165) is 25.9 Å². The molecule has 17 heavy (non-hydrogen) atoms. The molecule has 1 heterocycles. The van der Waals surface area contributed by atoms with Crippen LogP contribution in [0.25, 0.3) is 0 Å². The van der Waals surface area contributed by atoms with E-state index in [0.29, 0.717) is 5.92 Å². The summed E-state index contributed by atoms with van der Waals surface area (Å²) in [6.07, 6.45) is 2.37. The van der Waals surface area contributed by atoms with Gasteiger partial charge in [-0.1, -0.05) is 0 Å². The number of carbonyl (C=O) groups is 2. The highest BCUT2D eigenvalue weighted by atomic mass is 17.2. The lowest BCUT2D eigenvalue weighted by atomic mass is 9.94. The van der Waals surface area contributed by atoms with Crippen LogP contribution in [0.2, 0.25) is 0 Å².